The summed E-state index contributed by atoms with van der Waals surface area (Å²) in [4.78, 5) is 24.7. The summed E-state index contributed by atoms with van der Waals surface area (Å²) in [5.74, 6) is -0.329. The number of hydrogen-bond donors (Lipinski definition) is 0. The van der Waals surface area contributed by atoms with Crippen LogP contribution < -0.4 is 0 Å². The van der Waals surface area contributed by atoms with Gasteiger partial charge in [-0.1, -0.05) is 54.9 Å². The van der Waals surface area contributed by atoms with Crippen molar-refractivity contribution >= 4 is 11.9 Å². The third-order valence-electron chi connectivity index (χ3n) is 2.96. The predicted octanol–water partition coefficient (Wildman–Crippen LogP) is 4.14. The van der Waals surface area contributed by atoms with Crippen molar-refractivity contribution in [2.75, 3.05) is 13.2 Å². The minimum absolute atomic E-state index is 0.0761. The second kappa shape index (κ2) is 10.4. The fraction of sp³-hybridized carbons (Fsp3) is 0.778. The first kappa shape index (κ1) is 20.7. The van der Waals surface area contributed by atoms with Crippen LogP contribution in [0, 0.1) is 17.8 Å². The van der Waals surface area contributed by atoms with Gasteiger partial charge in [0.1, 0.15) is 0 Å². The topological polar surface area (TPSA) is 52.6 Å². The van der Waals surface area contributed by atoms with Crippen molar-refractivity contribution in [2.24, 2.45) is 17.8 Å². The van der Waals surface area contributed by atoms with E-state index in [9.17, 15) is 9.59 Å². The molecule has 22 heavy (non-hydrogen) atoms. The van der Waals surface area contributed by atoms with Crippen LogP contribution in [-0.2, 0) is 19.1 Å². The average molecular weight is 312 g/mol. The normalized spacial score (nSPS) is 12.6. The van der Waals surface area contributed by atoms with Gasteiger partial charge >= 0.3 is 11.9 Å². The molecular formula is C18H32O4. The smallest absolute Gasteiger partial charge is 0.334 e. The molecule has 0 unspecified atom stereocenters. The minimum Gasteiger partial charge on any atom is -0.462 e. The molecule has 4 heteroatoms. The van der Waals surface area contributed by atoms with Crippen LogP contribution >= 0.6 is 0 Å². The molecule has 128 valence electrons. The predicted molar refractivity (Wildman–Crippen MR) is 88.4 cm³/mol. The van der Waals surface area contributed by atoms with Crippen molar-refractivity contribution in [3.05, 3.63) is 11.1 Å². The number of hydrogen-bond acceptors (Lipinski definition) is 4. The fourth-order valence-electron chi connectivity index (χ4n) is 1.95. The molecule has 0 rings (SSSR count). The average Bonchev–Trinajstić information content (AvgIpc) is 2.41. The van der Waals surface area contributed by atoms with Gasteiger partial charge in [0.25, 0.3) is 0 Å². The summed E-state index contributed by atoms with van der Waals surface area (Å²) in [5.41, 5.74) is 0.920. The number of carbonyl (C=O) groups excluding carboxylic acids is 2. The zero-order valence-corrected chi connectivity index (χ0v) is 15.2. The van der Waals surface area contributed by atoms with Gasteiger partial charge in [0.2, 0.25) is 0 Å². The summed E-state index contributed by atoms with van der Waals surface area (Å²) in [6.45, 7) is 14.4. The highest BCUT2D eigenvalue weighted by atomic mass is 16.5. The van der Waals surface area contributed by atoms with Gasteiger partial charge in [0.15, 0.2) is 0 Å². The molecule has 0 heterocycles. The Labute approximate surface area is 135 Å². The van der Waals surface area contributed by atoms with E-state index in [-0.39, 0.29) is 23.7 Å². The number of ether oxygens (including phenoxy) is 2. The highest BCUT2D eigenvalue weighted by Crippen LogP contribution is 2.22. The van der Waals surface area contributed by atoms with Gasteiger partial charge in [-0.2, -0.15) is 0 Å². The molecule has 0 aliphatic carbocycles. The molecule has 0 aromatic rings. The SMILES string of the molecule is CCCC(C(=O)OCC(C)C)=C(C(=O)OCC(C)C)C(C)C. The molecule has 0 saturated carbocycles. The molecular weight excluding hydrogens is 280 g/mol. The lowest BCUT2D eigenvalue weighted by Crippen LogP contribution is -2.22. The third-order valence-corrected chi connectivity index (χ3v) is 2.96. The van der Waals surface area contributed by atoms with E-state index in [1.54, 1.807) is 0 Å². The summed E-state index contributed by atoms with van der Waals surface area (Å²) in [6, 6.07) is 0. The second-order valence-corrected chi connectivity index (χ2v) is 6.78. The van der Waals surface area contributed by atoms with E-state index < -0.39 is 5.97 Å². The Morgan fingerprint density at radius 1 is 0.818 bits per heavy atom. The summed E-state index contributed by atoms with van der Waals surface area (Å²) in [5, 5.41) is 0. The lowest BCUT2D eigenvalue weighted by atomic mass is 9.94. The molecule has 4 nitrogen and oxygen atoms in total. The van der Waals surface area contributed by atoms with Gasteiger partial charge in [-0.05, 0) is 24.2 Å². The minimum atomic E-state index is -0.395. The Morgan fingerprint density at radius 2 is 1.27 bits per heavy atom. The van der Waals surface area contributed by atoms with Crippen molar-refractivity contribution in [3.8, 4) is 0 Å². The van der Waals surface area contributed by atoms with E-state index in [2.05, 4.69) is 0 Å². The summed E-state index contributed by atoms with van der Waals surface area (Å²) in [6.07, 6.45) is 1.31. The van der Waals surface area contributed by atoms with Gasteiger partial charge in [-0.15, -0.1) is 0 Å². The Kier molecular flexibility index (Phi) is 9.79. The van der Waals surface area contributed by atoms with Crippen molar-refractivity contribution in [3.63, 3.8) is 0 Å². The molecule has 0 spiro atoms. The van der Waals surface area contributed by atoms with Crippen LogP contribution in [0.3, 0.4) is 0 Å². The first-order valence-corrected chi connectivity index (χ1v) is 8.27. The quantitative estimate of drug-likeness (QED) is 0.474. The monoisotopic (exact) mass is 312 g/mol. The van der Waals surface area contributed by atoms with Crippen LogP contribution in [0.4, 0.5) is 0 Å². The molecule has 0 aliphatic heterocycles. The molecule has 0 aromatic heterocycles. The van der Waals surface area contributed by atoms with Crippen LogP contribution in [0.2, 0.25) is 0 Å². The Bertz CT molecular complexity index is 392. The van der Waals surface area contributed by atoms with Crippen molar-refractivity contribution in [1.29, 1.82) is 0 Å². The van der Waals surface area contributed by atoms with Crippen LogP contribution in [0.1, 0.15) is 61.3 Å². The molecule has 0 amide bonds. The first-order chi connectivity index (χ1) is 10.2. The Hall–Kier alpha value is -1.32. The van der Waals surface area contributed by atoms with Crippen molar-refractivity contribution in [1.82, 2.24) is 0 Å². The zero-order chi connectivity index (χ0) is 17.3. The van der Waals surface area contributed by atoms with E-state index >= 15 is 0 Å². The molecule has 0 fully saturated rings. The van der Waals surface area contributed by atoms with Gasteiger partial charge in [0.05, 0.1) is 18.8 Å². The summed E-state index contributed by atoms with van der Waals surface area (Å²) < 4.78 is 10.6. The standard InChI is InChI=1S/C18H32O4/c1-8-9-15(17(19)21-10-12(2)3)16(14(6)7)18(20)22-11-13(4)5/h12-14H,8-11H2,1-7H3. The second-order valence-electron chi connectivity index (χ2n) is 6.78. The summed E-state index contributed by atoms with van der Waals surface area (Å²) >= 11 is 0. The molecule has 0 saturated heterocycles. The molecule has 0 radical (unpaired) electrons. The fourth-order valence-corrected chi connectivity index (χ4v) is 1.95. The largest absolute Gasteiger partial charge is 0.462 e. The van der Waals surface area contributed by atoms with Gasteiger partial charge in [-0.3, -0.25) is 0 Å². The van der Waals surface area contributed by atoms with E-state index in [0.29, 0.717) is 30.8 Å². The van der Waals surface area contributed by atoms with Crippen LogP contribution in [0.15, 0.2) is 11.1 Å². The highest BCUT2D eigenvalue weighted by molar-refractivity contribution is 6.00. The van der Waals surface area contributed by atoms with E-state index in [1.165, 1.54) is 0 Å². The number of carbonyl (C=O) groups is 2. The Balaban J connectivity index is 5.35. The molecule has 0 aromatic carbocycles. The highest BCUT2D eigenvalue weighted by Gasteiger charge is 2.25. The maximum atomic E-state index is 12.4. The molecule has 0 atom stereocenters. The number of esters is 2. The van der Waals surface area contributed by atoms with E-state index in [0.717, 1.165) is 6.42 Å². The lowest BCUT2D eigenvalue weighted by molar-refractivity contribution is -0.144. The Morgan fingerprint density at radius 3 is 1.64 bits per heavy atom. The van der Waals surface area contributed by atoms with E-state index in [1.807, 2.05) is 48.5 Å². The van der Waals surface area contributed by atoms with Crippen LogP contribution in [-0.4, -0.2) is 25.2 Å². The first-order valence-electron chi connectivity index (χ1n) is 8.27. The van der Waals surface area contributed by atoms with Crippen LogP contribution in [0.5, 0.6) is 0 Å². The molecule has 0 aliphatic rings. The third kappa shape index (κ3) is 7.62. The van der Waals surface area contributed by atoms with Gasteiger partial charge < -0.3 is 9.47 Å². The summed E-state index contributed by atoms with van der Waals surface area (Å²) in [7, 11) is 0. The maximum absolute atomic E-state index is 12.4. The maximum Gasteiger partial charge on any atom is 0.334 e. The lowest BCUT2D eigenvalue weighted by Gasteiger charge is -2.18. The van der Waals surface area contributed by atoms with Gasteiger partial charge in [0, 0.05) is 5.57 Å². The van der Waals surface area contributed by atoms with Crippen molar-refractivity contribution < 1.29 is 19.1 Å². The molecule has 0 N–H and O–H groups in total. The molecule has 0 bridgehead atoms. The number of rotatable bonds is 9. The van der Waals surface area contributed by atoms with E-state index in [4.69, 9.17) is 9.47 Å². The van der Waals surface area contributed by atoms with Crippen molar-refractivity contribution in [2.45, 2.75) is 61.3 Å². The zero-order valence-electron chi connectivity index (χ0n) is 15.2. The van der Waals surface area contributed by atoms with Gasteiger partial charge in [-0.25, -0.2) is 9.59 Å². The van der Waals surface area contributed by atoms with Crippen LogP contribution in [0.25, 0.3) is 0 Å².